The molecule has 1 N–H and O–H groups in total. The Morgan fingerprint density at radius 1 is 1.80 bits per heavy atom. The van der Waals surface area contributed by atoms with E-state index in [2.05, 4.69) is 0 Å². The maximum Gasteiger partial charge on any atom is 0.132 e. The fourth-order valence-electron chi connectivity index (χ4n) is 0.665. The number of nitrogens with zero attached hydrogens (tertiary/aromatic N) is 1. The topological polar surface area (TPSA) is 61.1 Å². The van der Waals surface area contributed by atoms with Gasteiger partial charge in [-0.3, -0.25) is 4.79 Å². The Morgan fingerprint density at radius 2 is 2.40 bits per heavy atom. The van der Waals surface area contributed by atoms with Crippen molar-refractivity contribution in [2.45, 2.75) is 32.3 Å². The fraction of sp³-hybridized carbons (Fsp3) is 0.714. The van der Waals surface area contributed by atoms with E-state index in [9.17, 15) is 4.79 Å². The van der Waals surface area contributed by atoms with Gasteiger partial charge in [0.05, 0.1) is 12.2 Å². The zero-order chi connectivity index (χ0) is 7.98. The van der Waals surface area contributed by atoms with E-state index >= 15 is 0 Å². The van der Waals surface area contributed by atoms with Crippen molar-refractivity contribution in [1.82, 2.24) is 0 Å². The van der Waals surface area contributed by atoms with Gasteiger partial charge in [-0.05, 0) is 13.3 Å². The molecule has 0 amide bonds. The van der Waals surface area contributed by atoms with Crippen LogP contribution in [0.15, 0.2) is 0 Å². The molecule has 56 valence electrons. The Hall–Kier alpha value is -0.880. The lowest BCUT2D eigenvalue weighted by Gasteiger charge is -2.03. The predicted molar refractivity (Wildman–Crippen MR) is 36.2 cm³/mol. The first kappa shape index (κ1) is 9.12. The van der Waals surface area contributed by atoms with Crippen LogP contribution in [0.3, 0.4) is 0 Å². The van der Waals surface area contributed by atoms with Gasteiger partial charge in [-0.15, -0.1) is 0 Å². The largest absolute Gasteiger partial charge is 0.393 e. The summed E-state index contributed by atoms with van der Waals surface area (Å²) in [5.41, 5.74) is 0. The van der Waals surface area contributed by atoms with Crippen LogP contribution < -0.4 is 0 Å². The van der Waals surface area contributed by atoms with Crippen molar-refractivity contribution >= 4 is 5.78 Å². The molecule has 0 rings (SSSR count). The molecule has 0 aromatic rings. The Balaban J connectivity index is 3.36. The molecule has 0 spiro atoms. The van der Waals surface area contributed by atoms with Gasteiger partial charge < -0.3 is 5.11 Å². The third kappa shape index (κ3) is 5.26. The first-order valence-electron chi connectivity index (χ1n) is 3.21. The number of hydrogen-bond donors (Lipinski definition) is 1. The van der Waals surface area contributed by atoms with E-state index in [0.29, 0.717) is 12.8 Å². The second-order valence-electron chi connectivity index (χ2n) is 2.26. The molecule has 1 atom stereocenters. The molecule has 0 saturated carbocycles. The van der Waals surface area contributed by atoms with E-state index in [1.54, 1.807) is 0 Å². The maximum absolute atomic E-state index is 10.4. The quantitative estimate of drug-likeness (QED) is 0.624. The van der Waals surface area contributed by atoms with Crippen molar-refractivity contribution in [3.05, 3.63) is 0 Å². The average Bonchev–Trinajstić information content (AvgIpc) is 1.82. The lowest BCUT2D eigenvalue weighted by atomic mass is 10.1. The Morgan fingerprint density at radius 3 is 2.80 bits per heavy atom. The van der Waals surface area contributed by atoms with Crippen LogP contribution >= 0.6 is 0 Å². The molecule has 0 saturated heterocycles. The third-order valence-corrected chi connectivity index (χ3v) is 1.11. The standard InChI is InChI=1S/C7H11NO2/c1-6(9)5-7(10)3-2-4-8/h7,10H,2-3,5H2,1H3. The number of rotatable bonds is 4. The lowest BCUT2D eigenvalue weighted by molar-refractivity contribution is -0.118. The summed E-state index contributed by atoms with van der Waals surface area (Å²) in [7, 11) is 0. The number of nitriles is 1. The SMILES string of the molecule is CC(=O)CC(O)CCC#N. The number of aliphatic hydroxyl groups is 1. The van der Waals surface area contributed by atoms with E-state index in [0.717, 1.165) is 0 Å². The predicted octanol–water partition coefficient (Wildman–Crippen LogP) is 0.630. The number of ketones is 1. The van der Waals surface area contributed by atoms with Crippen molar-refractivity contribution < 1.29 is 9.90 Å². The zero-order valence-electron chi connectivity index (χ0n) is 6.00. The molecule has 0 aromatic heterocycles. The van der Waals surface area contributed by atoms with Crippen molar-refractivity contribution in [2.75, 3.05) is 0 Å². The molecule has 0 aromatic carbocycles. The highest BCUT2D eigenvalue weighted by Gasteiger charge is 2.05. The third-order valence-electron chi connectivity index (χ3n) is 1.11. The van der Waals surface area contributed by atoms with Gasteiger partial charge in [0.1, 0.15) is 5.78 Å². The second-order valence-corrected chi connectivity index (χ2v) is 2.26. The molecular formula is C7H11NO2. The minimum atomic E-state index is -0.628. The minimum Gasteiger partial charge on any atom is -0.393 e. The molecule has 0 aliphatic carbocycles. The van der Waals surface area contributed by atoms with E-state index in [1.165, 1.54) is 6.92 Å². The summed E-state index contributed by atoms with van der Waals surface area (Å²) in [6, 6.07) is 1.90. The normalized spacial score (nSPS) is 12.1. The minimum absolute atomic E-state index is 0.0366. The summed E-state index contributed by atoms with van der Waals surface area (Å²) in [5.74, 6) is -0.0366. The Bertz CT molecular complexity index is 148. The van der Waals surface area contributed by atoms with Crippen LogP contribution in [0.1, 0.15) is 26.2 Å². The number of carbonyl (C=O) groups is 1. The van der Waals surface area contributed by atoms with Crippen molar-refractivity contribution in [3.8, 4) is 6.07 Å². The highest BCUT2D eigenvalue weighted by atomic mass is 16.3. The maximum atomic E-state index is 10.4. The van der Waals surface area contributed by atoms with E-state index in [-0.39, 0.29) is 12.2 Å². The highest BCUT2D eigenvalue weighted by Crippen LogP contribution is 2.00. The van der Waals surface area contributed by atoms with Crippen LogP contribution in [0.5, 0.6) is 0 Å². The van der Waals surface area contributed by atoms with Gasteiger partial charge in [0.15, 0.2) is 0 Å². The van der Waals surface area contributed by atoms with E-state index in [4.69, 9.17) is 10.4 Å². The number of Topliss-reactive ketones (excluding diaryl/α,β-unsaturated/α-hetero) is 1. The summed E-state index contributed by atoms with van der Waals surface area (Å²) in [5, 5.41) is 17.1. The average molecular weight is 141 g/mol. The van der Waals surface area contributed by atoms with Crippen LogP contribution in [0.4, 0.5) is 0 Å². The van der Waals surface area contributed by atoms with Crippen molar-refractivity contribution in [1.29, 1.82) is 5.26 Å². The Labute approximate surface area is 60.3 Å². The van der Waals surface area contributed by atoms with E-state index in [1.807, 2.05) is 6.07 Å². The van der Waals surface area contributed by atoms with Crippen LogP contribution in [-0.2, 0) is 4.79 Å². The molecular weight excluding hydrogens is 130 g/mol. The first-order chi connectivity index (χ1) is 4.66. The molecule has 10 heavy (non-hydrogen) atoms. The molecule has 3 heteroatoms. The summed E-state index contributed by atoms with van der Waals surface area (Å²) in [6.07, 6.45) is 0.254. The number of carbonyl (C=O) groups excluding carboxylic acids is 1. The van der Waals surface area contributed by atoms with E-state index < -0.39 is 6.10 Å². The first-order valence-corrected chi connectivity index (χ1v) is 3.21. The summed E-state index contributed by atoms with van der Waals surface area (Å²) in [6.45, 7) is 1.43. The van der Waals surface area contributed by atoms with Crippen molar-refractivity contribution in [2.24, 2.45) is 0 Å². The van der Waals surface area contributed by atoms with Gasteiger partial charge in [0.2, 0.25) is 0 Å². The molecule has 0 heterocycles. The summed E-state index contributed by atoms with van der Waals surface area (Å²) < 4.78 is 0. The van der Waals surface area contributed by atoms with Gasteiger partial charge >= 0.3 is 0 Å². The molecule has 0 aliphatic heterocycles. The molecule has 0 bridgehead atoms. The van der Waals surface area contributed by atoms with Crippen LogP contribution in [0.2, 0.25) is 0 Å². The van der Waals surface area contributed by atoms with Crippen LogP contribution in [0, 0.1) is 11.3 Å². The van der Waals surface area contributed by atoms with Gasteiger partial charge in [0, 0.05) is 12.8 Å². The zero-order valence-corrected chi connectivity index (χ0v) is 6.00. The molecule has 3 nitrogen and oxygen atoms in total. The van der Waals surface area contributed by atoms with Crippen molar-refractivity contribution in [3.63, 3.8) is 0 Å². The van der Waals surface area contributed by atoms with Crippen LogP contribution in [0.25, 0.3) is 0 Å². The Kier molecular flexibility index (Phi) is 4.51. The molecule has 1 unspecified atom stereocenters. The van der Waals surface area contributed by atoms with Gasteiger partial charge in [0.25, 0.3) is 0 Å². The van der Waals surface area contributed by atoms with Gasteiger partial charge in [-0.2, -0.15) is 5.26 Å². The highest BCUT2D eigenvalue weighted by molar-refractivity contribution is 5.75. The smallest absolute Gasteiger partial charge is 0.132 e. The summed E-state index contributed by atoms with van der Waals surface area (Å²) >= 11 is 0. The van der Waals surface area contributed by atoms with Gasteiger partial charge in [-0.1, -0.05) is 0 Å². The number of hydrogen-bond acceptors (Lipinski definition) is 3. The molecule has 0 radical (unpaired) electrons. The number of aliphatic hydroxyl groups excluding tert-OH is 1. The summed E-state index contributed by atoms with van der Waals surface area (Å²) in [4.78, 5) is 10.4. The lowest BCUT2D eigenvalue weighted by Crippen LogP contribution is -2.10. The second kappa shape index (κ2) is 4.95. The fourth-order valence-corrected chi connectivity index (χ4v) is 0.665. The monoisotopic (exact) mass is 141 g/mol. The molecule has 0 fully saturated rings. The van der Waals surface area contributed by atoms with Crippen LogP contribution in [-0.4, -0.2) is 17.0 Å². The molecule has 0 aliphatic rings. The van der Waals surface area contributed by atoms with Gasteiger partial charge in [-0.25, -0.2) is 0 Å².